The van der Waals surface area contributed by atoms with Crippen LogP contribution >= 0.6 is 23.5 Å². The lowest BCUT2D eigenvalue weighted by atomic mass is 10.1. The number of carbonyl (C=O) groups is 1. The molecule has 0 amide bonds. The van der Waals surface area contributed by atoms with E-state index in [1.165, 1.54) is 32.9 Å². The van der Waals surface area contributed by atoms with Crippen molar-refractivity contribution in [1.82, 2.24) is 0 Å². The van der Waals surface area contributed by atoms with Gasteiger partial charge in [0.05, 0.1) is 12.7 Å². The Balaban J connectivity index is 3.11. The molecule has 1 aromatic carbocycles. The summed E-state index contributed by atoms with van der Waals surface area (Å²) in [5.41, 5.74) is -4.29. The molecule has 0 heterocycles. The monoisotopic (exact) mass is 429 g/mol. The molecule has 1 unspecified atom stereocenters. The van der Waals surface area contributed by atoms with Gasteiger partial charge in [-0.25, -0.2) is 9.36 Å². The van der Waals surface area contributed by atoms with Gasteiger partial charge in [0, 0.05) is 10.0 Å². The quantitative estimate of drug-likeness (QED) is 0.250. The molecule has 1 rings (SSSR count). The maximum Gasteiger partial charge on any atom is 0.541 e. The number of halogens is 3. The molecule has 1 radical (unpaired) electrons. The first-order valence-corrected chi connectivity index (χ1v) is 9.18. The summed E-state index contributed by atoms with van der Waals surface area (Å²) in [5.74, 6) is 0. The number of hydrogen-bond donors (Lipinski definition) is 0. The minimum absolute atomic E-state index is 0.0479. The highest BCUT2D eigenvalue weighted by molar-refractivity contribution is 9.10. The minimum atomic E-state index is -5.19. The van der Waals surface area contributed by atoms with Crippen molar-refractivity contribution in [2.45, 2.75) is 32.5 Å². The van der Waals surface area contributed by atoms with Crippen molar-refractivity contribution in [1.29, 1.82) is 0 Å². The summed E-state index contributed by atoms with van der Waals surface area (Å²) in [6.07, 6.45) is -1.99. The topological polar surface area (TPSA) is 71.1 Å². The van der Waals surface area contributed by atoms with Crippen LogP contribution in [0.3, 0.4) is 0 Å². The molecule has 0 bridgehead atoms. The van der Waals surface area contributed by atoms with Crippen LogP contribution in [0, 0.1) is 6.92 Å². The van der Waals surface area contributed by atoms with Gasteiger partial charge in [-0.3, -0.25) is 4.89 Å². The third-order valence-corrected chi connectivity index (χ3v) is 4.99. The molecule has 0 fully saturated rings. The van der Waals surface area contributed by atoms with Gasteiger partial charge in [0.1, 0.15) is 0 Å². The largest absolute Gasteiger partial charge is 0.541 e. The van der Waals surface area contributed by atoms with Crippen LogP contribution in [0.4, 0.5) is 13.6 Å². The summed E-state index contributed by atoms with van der Waals surface area (Å²) in [5, 5.41) is 0. The first kappa shape index (κ1) is 21.0. The zero-order valence-electron chi connectivity index (χ0n) is 13.3. The molecular weight excluding hydrogens is 413 g/mol. The maximum atomic E-state index is 14.7. The van der Waals surface area contributed by atoms with Crippen LogP contribution in [0.15, 0.2) is 22.7 Å². The molecule has 0 aromatic heterocycles. The van der Waals surface area contributed by atoms with E-state index in [9.17, 15) is 18.1 Å². The van der Waals surface area contributed by atoms with Gasteiger partial charge in [0.2, 0.25) is 0 Å². The van der Waals surface area contributed by atoms with Gasteiger partial charge in [0.15, 0.2) is 0 Å². The average molecular weight is 430 g/mol. The van der Waals surface area contributed by atoms with Crippen molar-refractivity contribution in [2.75, 3.05) is 6.61 Å². The molecule has 0 N–H and O–H groups in total. The highest BCUT2D eigenvalue weighted by Gasteiger charge is 2.58. The number of alkyl halides is 2. The Labute approximate surface area is 147 Å². The molecule has 0 saturated heterocycles. The smallest absolute Gasteiger partial charge is 0.430 e. The number of benzene rings is 1. The molecule has 0 spiro atoms. The van der Waals surface area contributed by atoms with E-state index in [-0.39, 0.29) is 11.1 Å². The Bertz CT molecular complexity index is 638. The van der Waals surface area contributed by atoms with Crippen LogP contribution in [0.2, 0.25) is 0 Å². The predicted molar refractivity (Wildman–Crippen MR) is 85.5 cm³/mol. The SMILES string of the molecule is [CH2]c1ccc(C(F)(F)P(=O)(OCC)OOC(=O)OC(C)C)c(Br)c1. The summed E-state index contributed by atoms with van der Waals surface area (Å²) < 4.78 is 55.2. The summed E-state index contributed by atoms with van der Waals surface area (Å²) >= 11 is 2.95. The van der Waals surface area contributed by atoms with Crippen LogP contribution in [0.25, 0.3) is 0 Å². The number of carbonyl (C=O) groups excluding carboxylic acids is 1. The second-order valence-electron chi connectivity index (χ2n) is 4.85. The molecule has 10 heteroatoms. The van der Waals surface area contributed by atoms with Crippen molar-refractivity contribution in [3.8, 4) is 0 Å². The maximum absolute atomic E-state index is 14.7. The van der Waals surface area contributed by atoms with Gasteiger partial charge in [-0.05, 0) is 39.3 Å². The van der Waals surface area contributed by atoms with Crippen LogP contribution in [0.1, 0.15) is 31.9 Å². The normalized spacial score (nSPS) is 14.3. The molecule has 135 valence electrons. The van der Waals surface area contributed by atoms with Crippen LogP contribution in [0.5, 0.6) is 0 Å². The van der Waals surface area contributed by atoms with E-state index in [4.69, 9.17) is 0 Å². The fourth-order valence-corrected chi connectivity index (χ4v) is 3.68. The third kappa shape index (κ3) is 4.99. The van der Waals surface area contributed by atoms with Gasteiger partial charge >= 0.3 is 19.4 Å². The van der Waals surface area contributed by atoms with E-state index >= 15 is 0 Å². The molecule has 0 aliphatic carbocycles. The van der Waals surface area contributed by atoms with Gasteiger partial charge < -0.3 is 9.26 Å². The predicted octanol–water partition coefficient (Wildman–Crippen LogP) is 5.40. The number of hydrogen-bond acceptors (Lipinski definition) is 6. The molecule has 0 saturated carbocycles. The first-order chi connectivity index (χ1) is 11.0. The zero-order valence-corrected chi connectivity index (χ0v) is 15.7. The lowest BCUT2D eigenvalue weighted by Gasteiger charge is -2.25. The van der Waals surface area contributed by atoms with Gasteiger partial charge in [-0.15, -0.1) is 0 Å². The van der Waals surface area contributed by atoms with Crippen molar-refractivity contribution in [2.24, 2.45) is 0 Å². The molecule has 1 atom stereocenters. The van der Waals surface area contributed by atoms with E-state index in [1.807, 2.05) is 0 Å². The Kier molecular flexibility index (Phi) is 7.34. The molecular formula is C14H17BrF2O6P. The highest BCUT2D eigenvalue weighted by atomic mass is 79.9. The average Bonchev–Trinajstić information content (AvgIpc) is 2.44. The lowest BCUT2D eigenvalue weighted by Crippen LogP contribution is -2.21. The lowest BCUT2D eigenvalue weighted by molar-refractivity contribution is -0.191. The summed E-state index contributed by atoms with van der Waals surface area (Å²) in [6, 6.07) is 3.64. The molecule has 1 aromatic rings. The summed E-state index contributed by atoms with van der Waals surface area (Å²) in [6.45, 7) is 7.60. The zero-order chi connectivity index (χ0) is 18.5. The Morgan fingerprint density at radius 2 is 2.04 bits per heavy atom. The van der Waals surface area contributed by atoms with E-state index < -0.39 is 31.1 Å². The molecule has 24 heavy (non-hydrogen) atoms. The van der Waals surface area contributed by atoms with E-state index in [0.717, 1.165) is 6.07 Å². The van der Waals surface area contributed by atoms with Crippen LogP contribution in [-0.2, 0) is 29.1 Å². The standard InChI is InChI=1S/C14H17BrF2O6P/c1-5-20-24(19,23-22-13(18)21-9(2)3)14(16,17)11-7-6-10(4)8-12(11)15/h6-9H,4-5H2,1-3H3. The Morgan fingerprint density at radius 1 is 1.42 bits per heavy atom. The molecule has 0 aliphatic heterocycles. The molecule has 6 nitrogen and oxygen atoms in total. The van der Waals surface area contributed by atoms with Gasteiger partial charge in [-0.1, -0.05) is 32.7 Å². The fraction of sp³-hybridized carbons (Fsp3) is 0.429. The third-order valence-electron chi connectivity index (χ3n) is 2.54. The number of rotatable bonds is 7. The van der Waals surface area contributed by atoms with Crippen molar-refractivity contribution in [3.63, 3.8) is 0 Å². The fourth-order valence-electron chi connectivity index (χ4n) is 1.56. The van der Waals surface area contributed by atoms with E-state index in [1.54, 1.807) is 0 Å². The minimum Gasteiger partial charge on any atom is -0.430 e. The highest BCUT2D eigenvalue weighted by Crippen LogP contribution is 2.67. The Hall–Kier alpha value is -1.02. The van der Waals surface area contributed by atoms with Gasteiger partial charge in [-0.2, -0.15) is 8.78 Å². The van der Waals surface area contributed by atoms with E-state index in [2.05, 4.69) is 41.7 Å². The summed E-state index contributed by atoms with van der Waals surface area (Å²) in [7, 11) is -5.19. The molecule has 0 aliphatic rings. The second kappa shape index (κ2) is 8.38. The van der Waals surface area contributed by atoms with Crippen molar-refractivity contribution >= 4 is 29.7 Å². The second-order valence-corrected chi connectivity index (χ2v) is 7.66. The van der Waals surface area contributed by atoms with Crippen LogP contribution < -0.4 is 0 Å². The van der Waals surface area contributed by atoms with Crippen molar-refractivity contribution < 1.29 is 37.0 Å². The Morgan fingerprint density at radius 3 is 2.54 bits per heavy atom. The van der Waals surface area contributed by atoms with E-state index in [0.29, 0.717) is 5.56 Å². The van der Waals surface area contributed by atoms with Crippen molar-refractivity contribution in [3.05, 3.63) is 40.7 Å². The first-order valence-electron chi connectivity index (χ1n) is 6.85. The van der Waals surface area contributed by atoms with Crippen LogP contribution in [-0.4, -0.2) is 18.9 Å². The van der Waals surface area contributed by atoms with Gasteiger partial charge in [0.25, 0.3) is 0 Å². The number of ether oxygens (including phenoxy) is 1. The summed E-state index contributed by atoms with van der Waals surface area (Å²) in [4.78, 5) is 15.4.